The molecule has 0 bridgehead atoms. The fraction of sp³-hybridized carbons (Fsp3) is 0.235. The van der Waals surface area contributed by atoms with Gasteiger partial charge in [-0.05, 0) is 49.2 Å². The summed E-state index contributed by atoms with van der Waals surface area (Å²) in [7, 11) is -3.88. The minimum Gasteiger partial charge on any atom is -0.325 e. The molecule has 1 aliphatic rings. The molecule has 2 aromatic rings. The Morgan fingerprint density at radius 1 is 1.12 bits per heavy atom. The molecule has 1 amide bonds. The highest BCUT2D eigenvalue weighted by Gasteiger charge is 2.39. The number of nitrogens with zero attached hydrogens (tertiary/aromatic N) is 1. The number of carbonyl (C=O) groups is 1. The average Bonchev–Trinajstić information content (AvgIpc) is 3.09. The molecular weight excluding hydrogens is 386 g/mol. The fourth-order valence-electron chi connectivity index (χ4n) is 2.83. The monoisotopic (exact) mass is 400 g/mol. The van der Waals surface area contributed by atoms with Crippen LogP contribution in [0.3, 0.4) is 0 Å². The van der Waals surface area contributed by atoms with Crippen LogP contribution in [0.15, 0.2) is 47.4 Å². The molecule has 5 nitrogen and oxygen atoms in total. The molecular formula is C17H15ClF2N2O3S. The predicted octanol–water partition coefficient (Wildman–Crippen LogP) is 3.41. The van der Waals surface area contributed by atoms with Crippen LogP contribution in [-0.2, 0) is 14.8 Å². The molecule has 0 aliphatic carbocycles. The van der Waals surface area contributed by atoms with E-state index in [4.69, 9.17) is 11.6 Å². The second-order valence-corrected chi connectivity index (χ2v) is 8.17. The maximum Gasteiger partial charge on any atom is 0.243 e. The minimum absolute atomic E-state index is 0.0365. The van der Waals surface area contributed by atoms with Crippen molar-refractivity contribution in [2.24, 2.45) is 0 Å². The van der Waals surface area contributed by atoms with Crippen LogP contribution >= 0.6 is 11.6 Å². The summed E-state index contributed by atoms with van der Waals surface area (Å²) in [5.74, 6) is -2.72. The zero-order valence-electron chi connectivity index (χ0n) is 13.5. The first-order valence-electron chi connectivity index (χ1n) is 7.82. The van der Waals surface area contributed by atoms with Crippen LogP contribution in [0.1, 0.15) is 12.8 Å². The van der Waals surface area contributed by atoms with Crippen molar-refractivity contribution in [2.75, 3.05) is 11.9 Å². The average molecular weight is 401 g/mol. The number of halogens is 3. The summed E-state index contributed by atoms with van der Waals surface area (Å²) in [6.45, 7) is 0.195. The van der Waals surface area contributed by atoms with E-state index in [9.17, 15) is 22.0 Å². The van der Waals surface area contributed by atoms with Gasteiger partial charge >= 0.3 is 0 Å². The lowest BCUT2D eigenvalue weighted by Crippen LogP contribution is -2.43. The molecule has 3 rings (SSSR count). The summed E-state index contributed by atoms with van der Waals surface area (Å²) >= 11 is 5.78. The maximum atomic E-state index is 13.3. The molecule has 1 saturated heterocycles. The molecule has 1 N–H and O–H groups in total. The highest BCUT2D eigenvalue weighted by molar-refractivity contribution is 7.89. The summed E-state index contributed by atoms with van der Waals surface area (Å²) < 4.78 is 53.0. The number of hydrogen-bond donors (Lipinski definition) is 1. The van der Waals surface area contributed by atoms with Crippen LogP contribution < -0.4 is 5.32 Å². The molecule has 1 atom stereocenters. The van der Waals surface area contributed by atoms with Gasteiger partial charge in [0.2, 0.25) is 15.9 Å². The van der Waals surface area contributed by atoms with Gasteiger partial charge in [-0.25, -0.2) is 17.2 Å². The van der Waals surface area contributed by atoms with E-state index in [1.807, 2.05) is 0 Å². The Morgan fingerprint density at radius 2 is 1.81 bits per heavy atom. The second kappa shape index (κ2) is 7.30. The smallest absolute Gasteiger partial charge is 0.243 e. The van der Waals surface area contributed by atoms with Crippen molar-refractivity contribution in [2.45, 2.75) is 23.8 Å². The van der Waals surface area contributed by atoms with Gasteiger partial charge in [-0.3, -0.25) is 4.79 Å². The van der Waals surface area contributed by atoms with Gasteiger partial charge in [0.05, 0.1) is 4.90 Å². The van der Waals surface area contributed by atoms with E-state index in [1.54, 1.807) is 0 Å². The first-order valence-corrected chi connectivity index (χ1v) is 9.64. The number of anilines is 1. The molecule has 0 saturated carbocycles. The molecule has 9 heteroatoms. The van der Waals surface area contributed by atoms with E-state index < -0.39 is 33.6 Å². The van der Waals surface area contributed by atoms with E-state index in [0.717, 1.165) is 16.4 Å². The maximum absolute atomic E-state index is 13.3. The van der Waals surface area contributed by atoms with Gasteiger partial charge < -0.3 is 5.32 Å². The van der Waals surface area contributed by atoms with Crippen LogP contribution in [-0.4, -0.2) is 31.2 Å². The standard InChI is InChI=1S/C17H15ClF2N2O3S/c18-11-3-6-13(7-4-11)26(24,25)22-9-1-2-16(22)17(23)21-12-5-8-14(19)15(20)10-12/h3-8,10,16H,1-2,9H2,(H,21,23). The lowest BCUT2D eigenvalue weighted by atomic mass is 10.2. The second-order valence-electron chi connectivity index (χ2n) is 5.85. The van der Waals surface area contributed by atoms with Gasteiger partial charge in [-0.15, -0.1) is 0 Å². The van der Waals surface area contributed by atoms with E-state index in [2.05, 4.69) is 5.32 Å². The molecule has 1 unspecified atom stereocenters. The lowest BCUT2D eigenvalue weighted by Gasteiger charge is -2.23. The first kappa shape index (κ1) is 18.8. The van der Waals surface area contributed by atoms with E-state index >= 15 is 0 Å². The third-order valence-corrected chi connectivity index (χ3v) is 6.29. The largest absolute Gasteiger partial charge is 0.325 e. The summed E-state index contributed by atoms with van der Waals surface area (Å²) in [6.07, 6.45) is 0.852. The molecule has 1 aliphatic heterocycles. The van der Waals surface area contributed by atoms with Crippen molar-refractivity contribution < 1.29 is 22.0 Å². The summed E-state index contributed by atoms with van der Waals surface area (Å²) in [5, 5.41) is 2.84. The SMILES string of the molecule is O=C(Nc1ccc(F)c(F)c1)C1CCCN1S(=O)(=O)c1ccc(Cl)cc1. The molecule has 0 aromatic heterocycles. The Bertz CT molecular complexity index is 936. The van der Waals surface area contributed by atoms with Gasteiger partial charge in [-0.2, -0.15) is 4.31 Å². The number of hydrogen-bond acceptors (Lipinski definition) is 3. The Hall–Kier alpha value is -2.03. The highest BCUT2D eigenvalue weighted by Crippen LogP contribution is 2.28. The van der Waals surface area contributed by atoms with Gasteiger partial charge in [0, 0.05) is 23.3 Å². The molecule has 1 fully saturated rings. The normalized spacial score (nSPS) is 18.0. The number of rotatable bonds is 4. The van der Waals surface area contributed by atoms with Crippen molar-refractivity contribution in [3.05, 3.63) is 59.1 Å². The Labute approximate surface area is 154 Å². The topological polar surface area (TPSA) is 66.5 Å². The zero-order chi connectivity index (χ0) is 18.9. The Kier molecular flexibility index (Phi) is 5.27. The summed E-state index contributed by atoms with van der Waals surface area (Å²) in [5.41, 5.74) is 0.0599. The Balaban J connectivity index is 1.81. The number of nitrogens with one attached hydrogen (secondary N) is 1. The summed E-state index contributed by atoms with van der Waals surface area (Å²) in [6, 6.07) is 7.69. The van der Waals surface area contributed by atoms with Crippen molar-refractivity contribution in [1.82, 2.24) is 4.31 Å². The number of carbonyl (C=O) groups excluding carboxylic acids is 1. The highest BCUT2D eigenvalue weighted by atomic mass is 35.5. The number of benzene rings is 2. The molecule has 1 heterocycles. The molecule has 26 heavy (non-hydrogen) atoms. The fourth-order valence-corrected chi connectivity index (χ4v) is 4.61. The predicted molar refractivity (Wildman–Crippen MR) is 93.4 cm³/mol. The quantitative estimate of drug-likeness (QED) is 0.855. The molecule has 138 valence electrons. The van der Waals surface area contributed by atoms with Gasteiger partial charge in [-0.1, -0.05) is 11.6 Å². The van der Waals surface area contributed by atoms with Gasteiger partial charge in [0.15, 0.2) is 11.6 Å². The van der Waals surface area contributed by atoms with Crippen LogP contribution in [0, 0.1) is 11.6 Å². The van der Waals surface area contributed by atoms with E-state index in [-0.39, 0.29) is 17.1 Å². The Morgan fingerprint density at radius 3 is 2.46 bits per heavy atom. The molecule has 0 spiro atoms. The van der Waals surface area contributed by atoms with E-state index in [0.29, 0.717) is 17.9 Å². The van der Waals surface area contributed by atoms with Crippen molar-refractivity contribution in [1.29, 1.82) is 0 Å². The first-order chi connectivity index (χ1) is 12.3. The van der Waals surface area contributed by atoms with Gasteiger partial charge in [0.25, 0.3) is 0 Å². The number of sulfonamides is 1. The van der Waals surface area contributed by atoms with Crippen LogP contribution in [0.4, 0.5) is 14.5 Å². The third-order valence-electron chi connectivity index (χ3n) is 4.11. The number of amides is 1. The van der Waals surface area contributed by atoms with Crippen LogP contribution in [0.5, 0.6) is 0 Å². The van der Waals surface area contributed by atoms with Crippen molar-refractivity contribution in [3.8, 4) is 0 Å². The lowest BCUT2D eigenvalue weighted by molar-refractivity contribution is -0.119. The van der Waals surface area contributed by atoms with Crippen molar-refractivity contribution >= 4 is 33.2 Å². The molecule has 0 radical (unpaired) electrons. The zero-order valence-corrected chi connectivity index (χ0v) is 15.0. The van der Waals surface area contributed by atoms with Crippen LogP contribution in [0.2, 0.25) is 5.02 Å². The van der Waals surface area contributed by atoms with Crippen molar-refractivity contribution in [3.63, 3.8) is 0 Å². The van der Waals surface area contributed by atoms with E-state index in [1.165, 1.54) is 30.3 Å². The minimum atomic E-state index is -3.88. The van der Waals surface area contributed by atoms with Crippen LogP contribution in [0.25, 0.3) is 0 Å². The molecule has 2 aromatic carbocycles. The van der Waals surface area contributed by atoms with Gasteiger partial charge in [0.1, 0.15) is 6.04 Å². The third kappa shape index (κ3) is 3.72. The summed E-state index contributed by atoms with van der Waals surface area (Å²) in [4.78, 5) is 12.5.